The summed E-state index contributed by atoms with van der Waals surface area (Å²) in [7, 11) is 1.22. The molecule has 3 rings (SSSR count). The van der Waals surface area contributed by atoms with Gasteiger partial charge in [0, 0.05) is 20.1 Å². The number of ketones is 1. The van der Waals surface area contributed by atoms with Crippen LogP contribution in [0.3, 0.4) is 0 Å². The monoisotopic (exact) mass is 541 g/mol. The number of methoxy groups -OCH3 is 1. The number of benzene rings is 1. The zero-order valence-electron chi connectivity index (χ0n) is 18.9. The number of hydrogen-bond acceptors (Lipinski definition) is 9. The Bertz CT molecular complexity index is 924. The summed E-state index contributed by atoms with van der Waals surface area (Å²) >= 11 is 3.16. The molecule has 2 amide bonds. The number of aliphatic hydroxyl groups excluding tert-OH is 1. The molecule has 1 fully saturated rings. The molecule has 1 aromatic rings. The third kappa shape index (κ3) is 5.56. The Kier molecular flexibility index (Phi) is 8.96. The first-order chi connectivity index (χ1) is 16.2. The second-order valence-electron chi connectivity index (χ2n) is 7.98. The van der Waals surface area contributed by atoms with Gasteiger partial charge in [-0.25, -0.2) is 9.69 Å². The lowest BCUT2D eigenvalue weighted by molar-refractivity contribution is -0.227. The van der Waals surface area contributed by atoms with Crippen molar-refractivity contribution >= 4 is 33.7 Å². The molecule has 0 spiro atoms. The van der Waals surface area contributed by atoms with Gasteiger partial charge in [-0.2, -0.15) is 0 Å². The van der Waals surface area contributed by atoms with Gasteiger partial charge in [-0.05, 0) is 40.9 Å². The van der Waals surface area contributed by atoms with E-state index in [4.69, 9.17) is 24.1 Å². The maximum absolute atomic E-state index is 13.4. The molecule has 1 aromatic carbocycles. The largest absolute Gasteiger partial charge is 0.439 e. The van der Waals surface area contributed by atoms with E-state index in [-0.39, 0.29) is 30.7 Å². The molecule has 2 aliphatic heterocycles. The average Bonchev–Trinajstić information content (AvgIpc) is 3.12. The van der Waals surface area contributed by atoms with E-state index in [1.807, 2.05) is 6.07 Å². The Labute approximate surface area is 205 Å². The van der Waals surface area contributed by atoms with E-state index in [0.29, 0.717) is 6.42 Å². The number of hydrogen-bond donors (Lipinski definition) is 2. The van der Waals surface area contributed by atoms with Crippen molar-refractivity contribution in [3.63, 3.8) is 0 Å². The fourth-order valence-electron chi connectivity index (χ4n) is 3.95. The lowest BCUT2D eigenvalue weighted by Gasteiger charge is -2.38. The van der Waals surface area contributed by atoms with E-state index in [2.05, 4.69) is 15.9 Å². The van der Waals surface area contributed by atoms with E-state index >= 15 is 0 Å². The minimum absolute atomic E-state index is 0.0438. The van der Waals surface area contributed by atoms with Crippen molar-refractivity contribution in [1.29, 1.82) is 0 Å². The van der Waals surface area contributed by atoms with Gasteiger partial charge >= 0.3 is 6.09 Å². The van der Waals surface area contributed by atoms with Crippen molar-refractivity contribution in [3.8, 4) is 0 Å². The second kappa shape index (κ2) is 11.5. The summed E-state index contributed by atoms with van der Waals surface area (Å²) in [5.41, 5.74) is 0.724. The summed E-state index contributed by atoms with van der Waals surface area (Å²) < 4.78 is 21.7. The lowest BCUT2D eigenvalue weighted by atomic mass is 9.98. The van der Waals surface area contributed by atoms with Crippen LogP contribution in [0.1, 0.15) is 31.4 Å². The van der Waals surface area contributed by atoms with Gasteiger partial charge in [0.2, 0.25) is 0 Å². The molecule has 11 heteroatoms. The number of amides is 2. The van der Waals surface area contributed by atoms with Gasteiger partial charge in [-0.3, -0.25) is 9.59 Å². The summed E-state index contributed by atoms with van der Waals surface area (Å²) in [6.45, 7) is 1.94. The number of halogens is 1. The number of carbonyl (C=O) groups excluding carboxylic acids is 3. The fourth-order valence-corrected chi connectivity index (χ4v) is 4.47. The topological polar surface area (TPSA) is 132 Å². The SMILES string of the molecule is CO[C@H](C(=O)N1C(=O)O[C@H](c2ccccc2)[C@@H]1C)[C@@H]1O[C@](O)(CCCOCCO)C(Br)=CC1=O. The number of rotatable bonds is 10. The molecule has 0 saturated carbocycles. The number of carbonyl (C=O) groups is 3. The lowest BCUT2D eigenvalue weighted by Crippen LogP contribution is -2.56. The minimum Gasteiger partial charge on any atom is -0.439 e. The zero-order chi connectivity index (χ0) is 24.9. The smallest absolute Gasteiger partial charge is 0.417 e. The molecule has 2 aliphatic rings. The number of nitrogens with zero attached hydrogens (tertiary/aromatic N) is 1. The summed E-state index contributed by atoms with van der Waals surface area (Å²) in [6.07, 6.45) is -2.99. The quantitative estimate of drug-likeness (QED) is 0.425. The van der Waals surface area contributed by atoms with Crippen LogP contribution in [-0.4, -0.2) is 83.9 Å². The van der Waals surface area contributed by atoms with Gasteiger partial charge in [0.1, 0.15) is 6.10 Å². The molecule has 5 atom stereocenters. The molecule has 0 bridgehead atoms. The van der Waals surface area contributed by atoms with Gasteiger partial charge in [0.25, 0.3) is 5.91 Å². The first kappa shape index (κ1) is 26.5. The molecular weight excluding hydrogens is 514 g/mol. The van der Waals surface area contributed by atoms with Crippen LogP contribution in [0.15, 0.2) is 40.9 Å². The van der Waals surface area contributed by atoms with Gasteiger partial charge in [0.15, 0.2) is 23.8 Å². The maximum atomic E-state index is 13.4. The maximum Gasteiger partial charge on any atom is 0.417 e. The molecular formula is C23H28BrNO9. The van der Waals surface area contributed by atoms with Gasteiger partial charge < -0.3 is 29.2 Å². The van der Waals surface area contributed by atoms with Crippen molar-refractivity contribution in [2.75, 3.05) is 26.9 Å². The molecule has 2 heterocycles. The molecule has 34 heavy (non-hydrogen) atoms. The average molecular weight is 542 g/mol. The molecule has 186 valence electrons. The Hall–Kier alpha value is -2.15. The highest BCUT2D eigenvalue weighted by atomic mass is 79.9. The zero-order valence-corrected chi connectivity index (χ0v) is 20.5. The highest BCUT2D eigenvalue weighted by Crippen LogP contribution is 2.37. The predicted octanol–water partition coefficient (Wildman–Crippen LogP) is 1.83. The van der Waals surface area contributed by atoms with Crippen molar-refractivity contribution in [2.45, 2.75) is 49.9 Å². The highest BCUT2D eigenvalue weighted by molar-refractivity contribution is 9.11. The van der Waals surface area contributed by atoms with Crippen LogP contribution < -0.4 is 0 Å². The normalized spacial score (nSPS) is 28.0. The van der Waals surface area contributed by atoms with E-state index in [1.165, 1.54) is 7.11 Å². The molecule has 10 nitrogen and oxygen atoms in total. The fraction of sp³-hybridized carbons (Fsp3) is 0.522. The van der Waals surface area contributed by atoms with Gasteiger partial charge in [0.05, 0.1) is 23.7 Å². The summed E-state index contributed by atoms with van der Waals surface area (Å²) in [6, 6.07) is 8.34. The first-order valence-electron chi connectivity index (χ1n) is 10.8. The third-order valence-corrected chi connectivity index (χ3v) is 6.54. The molecule has 0 aromatic heterocycles. The Morgan fingerprint density at radius 2 is 1.97 bits per heavy atom. The van der Waals surface area contributed by atoms with E-state index < -0.39 is 47.9 Å². The standard InChI is InChI=1S/C23H28BrNO9/c1-14-18(15-7-4-3-5-8-15)33-22(29)25(14)21(28)20(31-2)19-16(27)13-17(24)23(30,34-19)9-6-11-32-12-10-26/h3-5,7-8,13-14,18-20,26,30H,6,9-12H2,1-2H3/t14-,18-,19+,20-,23+/m0/s1. The van der Waals surface area contributed by atoms with Crippen LogP contribution in [0.25, 0.3) is 0 Å². The van der Waals surface area contributed by atoms with Crippen molar-refractivity contribution in [3.05, 3.63) is 46.5 Å². The molecule has 2 N–H and O–H groups in total. The number of cyclic esters (lactones) is 1. The highest BCUT2D eigenvalue weighted by Gasteiger charge is 2.51. The van der Waals surface area contributed by atoms with Crippen LogP contribution in [0.5, 0.6) is 0 Å². The molecule has 0 aliphatic carbocycles. The van der Waals surface area contributed by atoms with Crippen molar-refractivity contribution in [1.82, 2.24) is 4.90 Å². The Balaban J connectivity index is 1.76. The second-order valence-corrected chi connectivity index (χ2v) is 8.83. The van der Waals surface area contributed by atoms with Crippen LogP contribution in [0.4, 0.5) is 4.79 Å². The summed E-state index contributed by atoms with van der Waals surface area (Å²) in [5, 5.41) is 19.8. The van der Waals surface area contributed by atoms with Crippen molar-refractivity contribution < 1.29 is 43.5 Å². The van der Waals surface area contributed by atoms with Crippen LogP contribution in [-0.2, 0) is 28.5 Å². The van der Waals surface area contributed by atoms with Crippen LogP contribution >= 0.6 is 15.9 Å². The van der Waals surface area contributed by atoms with Gasteiger partial charge in [-0.15, -0.1) is 0 Å². The minimum atomic E-state index is -1.90. The van der Waals surface area contributed by atoms with E-state index in [1.54, 1.807) is 31.2 Å². The summed E-state index contributed by atoms with van der Waals surface area (Å²) in [4.78, 5) is 39.6. The third-order valence-electron chi connectivity index (χ3n) is 5.69. The molecule has 1 saturated heterocycles. The van der Waals surface area contributed by atoms with Gasteiger partial charge in [-0.1, -0.05) is 30.3 Å². The number of aliphatic hydroxyl groups is 2. The molecule has 0 unspecified atom stereocenters. The van der Waals surface area contributed by atoms with E-state index in [9.17, 15) is 19.5 Å². The van der Waals surface area contributed by atoms with Crippen molar-refractivity contribution in [2.24, 2.45) is 0 Å². The van der Waals surface area contributed by atoms with Crippen LogP contribution in [0.2, 0.25) is 0 Å². The summed E-state index contributed by atoms with van der Waals surface area (Å²) in [5.74, 6) is -3.31. The Morgan fingerprint density at radius 3 is 2.62 bits per heavy atom. The van der Waals surface area contributed by atoms with Crippen LogP contribution in [0, 0.1) is 0 Å². The number of ether oxygens (including phenoxy) is 4. The molecule has 0 radical (unpaired) electrons. The number of imide groups is 1. The first-order valence-corrected chi connectivity index (χ1v) is 11.6. The Morgan fingerprint density at radius 1 is 1.26 bits per heavy atom. The van der Waals surface area contributed by atoms with E-state index in [0.717, 1.165) is 16.5 Å². The predicted molar refractivity (Wildman–Crippen MR) is 122 cm³/mol.